The average molecular weight is 894 g/mol. The van der Waals surface area contributed by atoms with Crippen molar-refractivity contribution in [3.63, 3.8) is 0 Å². The Morgan fingerprint density at radius 1 is 0.540 bits per heavy atom. The Labute approximate surface area is 383 Å². The lowest BCUT2D eigenvalue weighted by atomic mass is 9.98. The van der Waals surface area contributed by atoms with Gasteiger partial charge in [0.15, 0.2) is 6.29 Å². The summed E-state index contributed by atoms with van der Waals surface area (Å²) in [4.78, 5) is 13.1. The molecule has 1 saturated heterocycles. The highest BCUT2D eigenvalue weighted by Gasteiger charge is 2.44. The Morgan fingerprint density at radius 2 is 0.952 bits per heavy atom. The molecule has 0 spiro atoms. The molecule has 1 fully saturated rings. The maximum absolute atomic E-state index is 13.1. The van der Waals surface area contributed by atoms with Crippen LogP contribution in [-0.2, 0) is 14.3 Å². The van der Waals surface area contributed by atoms with Gasteiger partial charge in [0.2, 0.25) is 5.91 Å². The van der Waals surface area contributed by atoms with Crippen LogP contribution in [0.15, 0.2) is 48.6 Å². The van der Waals surface area contributed by atoms with Crippen LogP contribution in [0.4, 0.5) is 0 Å². The zero-order valence-electron chi connectivity index (χ0n) is 39.8. The van der Waals surface area contributed by atoms with E-state index < -0.39 is 74.2 Å². The van der Waals surface area contributed by atoms with E-state index in [4.69, 9.17) is 9.47 Å². The van der Waals surface area contributed by atoms with Crippen LogP contribution in [-0.4, -0.2) is 110 Å². The maximum Gasteiger partial charge on any atom is 0.249 e. The lowest BCUT2D eigenvalue weighted by Gasteiger charge is -2.40. The number of rotatable bonds is 42. The van der Waals surface area contributed by atoms with Crippen molar-refractivity contribution in [1.82, 2.24) is 5.32 Å². The van der Waals surface area contributed by atoms with Gasteiger partial charge in [-0.05, 0) is 89.9 Å². The molecule has 368 valence electrons. The van der Waals surface area contributed by atoms with Crippen molar-refractivity contribution in [3.8, 4) is 0 Å². The normalized spacial score (nSPS) is 21.6. The molecule has 0 aliphatic carbocycles. The monoisotopic (exact) mass is 894 g/mol. The van der Waals surface area contributed by atoms with Crippen LogP contribution in [0, 0.1) is 0 Å². The molecule has 11 nitrogen and oxygen atoms in total. The van der Waals surface area contributed by atoms with E-state index in [-0.39, 0.29) is 12.8 Å². The second-order valence-electron chi connectivity index (χ2n) is 17.9. The summed E-state index contributed by atoms with van der Waals surface area (Å²) in [5, 5.41) is 75.8. The predicted octanol–water partition coefficient (Wildman–Crippen LogP) is 9.34. The smallest absolute Gasteiger partial charge is 0.249 e. The number of hydrogen-bond acceptors (Lipinski definition) is 10. The van der Waals surface area contributed by atoms with Gasteiger partial charge in [-0.1, -0.05) is 165 Å². The Morgan fingerprint density at radius 3 is 1.41 bits per heavy atom. The molecule has 9 unspecified atom stereocenters. The molecule has 0 aromatic carbocycles. The number of aliphatic hydroxyl groups is 7. The van der Waals surface area contributed by atoms with Crippen LogP contribution >= 0.6 is 0 Å². The van der Waals surface area contributed by atoms with Gasteiger partial charge in [-0.3, -0.25) is 4.79 Å². The first-order valence-corrected chi connectivity index (χ1v) is 25.5. The minimum Gasteiger partial charge on any atom is -0.394 e. The molecule has 1 heterocycles. The second kappa shape index (κ2) is 41.5. The highest BCUT2D eigenvalue weighted by Crippen LogP contribution is 2.23. The Balaban J connectivity index is 2.45. The minimum absolute atomic E-state index is 0.238. The third-order valence-electron chi connectivity index (χ3n) is 12.1. The van der Waals surface area contributed by atoms with Crippen LogP contribution in [0.5, 0.6) is 0 Å². The van der Waals surface area contributed by atoms with E-state index in [1.165, 1.54) is 96.3 Å². The summed E-state index contributed by atoms with van der Waals surface area (Å²) in [6.45, 7) is 3.41. The van der Waals surface area contributed by atoms with E-state index in [1.54, 1.807) is 0 Å². The maximum atomic E-state index is 13.1. The van der Waals surface area contributed by atoms with Gasteiger partial charge in [0, 0.05) is 0 Å². The summed E-state index contributed by atoms with van der Waals surface area (Å²) in [6.07, 6.45) is 38.7. The fraction of sp³-hybridized carbons (Fsp3) is 0.827. The second-order valence-corrected chi connectivity index (χ2v) is 17.9. The molecule has 1 aliphatic heterocycles. The summed E-state index contributed by atoms with van der Waals surface area (Å²) in [5.74, 6) is -0.719. The first-order valence-electron chi connectivity index (χ1n) is 25.5. The SMILES string of the molecule is CCCCCCCC/C=C\CCCCCCCCC(O)C(=O)NC(COC1OC(CO)C(O)C(O)C1O)C(O)C(O)CCC/C=C/CC/C=C/CC/C=C/CCCCCCCCC. The number of ether oxygens (including phenoxy) is 2. The molecular weight excluding hydrogens is 799 g/mol. The van der Waals surface area contributed by atoms with Gasteiger partial charge in [0.05, 0.1) is 25.4 Å². The first kappa shape index (κ1) is 59.1. The number of hydrogen-bond donors (Lipinski definition) is 8. The molecule has 1 aliphatic rings. The molecule has 0 bridgehead atoms. The van der Waals surface area contributed by atoms with E-state index in [0.717, 1.165) is 64.2 Å². The number of carbonyl (C=O) groups excluding carboxylic acids is 1. The molecule has 11 heteroatoms. The van der Waals surface area contributed by atoms with Crippen LogP contribution in [0.2, 0.25) is 0 Å². The Hall–Kier alpha value is -1.93. The van der Waals surface area contributed by atoms with Gasteiger partial charge in [-0.15, -0.1) is 0 Å². The topological polar surface area (TPSA) is 189 Å². The van der Waals surface area contributed by atoms with E-state index >= 15 is 0 Å². The summed E-state index contributed by atoms with van der Waals surface area (Å²) in [5.41, 5.74) is 0. The van der Waals surface area contributed by atoms with Crippen LogP contribution in [0.3, 0.4) is 0 Å². The zero-order valence-corrected chi connectivity index (χ0v) is 39.8. The summed E-state index contributed by atoms with van der Waals surface area (Å²) >= 11 is 0. The Bertz CT molecular complexity index is 1160. The molecule has 0 aromatic rings. The van der Waals surface area contributed by atoms with Crippen LogP contribution in [0.25, 0.3) is 0 Å². The highest BCUT2D eigenvalue weighted by molar-refractivity contribution is 5.80. The number of unbranched alkanes of at least 4 members (excludes halogenated alkanes) is 22. The molecule has 9 atom stereocenters. The van der Waals surface area contributed by atoms with Gasteiger partial charge in [-0.25, -0.2) is 0 Å². The molecule has 63 heavy (non-hydrogen) atoms. The summed E-state index contributed by atoms with van der Waals surface area (Å²) < 4.78 is 11.1. The number of aliphatic hydroxyl groups excluding tert-OH is 7. The number of carbonyl (C=O) groups is 1. The van der Waals surface area contributed by atoms with Crippen molar-refractivity contribution in [2.24, 2.45) is 0 Å². The van der Waals surface area contributed by atoms with Crippen LogP contribution < -0.4 is 5.32 Å². The molecule has 1 amide bonds. The third-order valence-corrected chi connectivity index (χ3v) is 12.1. The van der Waals surface area contributed by atoms with Crippen molar-refractivity contribution in [2.75, 3.05) is 13.2 Å². The first-order chi connectivity index (χ1) is 30.7. The van der Waals surface area contributed by atoms with Crippen molar-refractivity contribution < 1.29 is 50.0 Å². The standard InChI is InChI=1S/C52H95NO10/c1-3-5-7-9-11-13-15-17-19-21-22-23-24-26-27-29-31-33-35-37-39-44(55)47(57)43(42-62-52-50(60)49(59)48(58)46(41-54)63-52)53-51(61)45(56)40-38-36-34-32-30-28-25-20-18-16-14-12-10-8-6-4-2/h18-21,24,26,31,33,43-50,52,54-60H,3-17,22-23,25,27-30,32,34-42H2,1-2H3,(H,53,61)/b20-18-,21-19+,26-24+,33-31+. The van der Waals surface area contributed by atoms with E-state index in [0.29, 0.717) is 19.3 Å². The molecule has 8 N–H and O–H groups in total. The minimum atomic E-state index is -1.67. The average Bonchev–Trinajstić information content (AvgIpc) is 3.28. The number of allylic oxidation sites excluding steroid dienone is 8. The quantitative estimate of drug-likeness (QED) is 0.0217. The zero-order chi connectivity index (χ0) is 46.2. The Kier molecular flexibility index (Phi) is 38.9. The fourth-order valence-corrected chi connectivity index (χ4v) is 7.82. The van der Waals surface area contributed by atoms with Crippen molar-refractivity contribution in [3.05, 3.63) is 48.6 Å². The lowest BCUT2D eigenvalue weighted by Crippen LogP contribution is -2.60. The molecular formula is C52H95NO10. The molecule has 0 radical (unpaired) electrons. The number of nitrogens with one attached hydrogen (secondary N) is 1. The van der Waals surface area contributed by atoms with E-state index in [2.05, 4.69) is 67.8 Å². The van der Waals surface area contributed by atoms with Crippen molar-refractivity contribution >= 4 is 5.91 Å². The largest absolute Gasteiger partial charge is 0.394 e. The lowest BCUT2D eigenvalue weighted by molar-refractivity contribution is -0.303. The highest BCUT2D eigenvalue weighted by atomic mass is 16.7. The molecule has 0 aromatic heterocycles. The number of amides is 1. The van der Waals surface area contributed by atoms with Gasteiger partial charge in [-0.2, -0.15) is 0 Å². The summed E-state index contributed by atoms with van der Waals surface area (Å²) in [7, 11) is 0. The fourth-order valence-electron chi connectivity index (χ4n) is 7.82. The van der Waals surface area contributed by atoms with Gasteiger partial charge in [0.1, 0.15) is 36.6 Å². The third kappa shape index (κ3) is 30.8. The molecule has 0 saturated carbocycles. The van der Waals surface area contributed by atoms with Gasteiger partial charge < -0.3 is 50.5 Å². The van der Waals surface area contributed by atoms with Crippen molar-refractivity contribution in [2.45, 2.75) is 262 Å². The van der Waals surface area contributed by atoms with Gasteiger partial charge in [0.25, 0.3) is 0 Å². The van der Waals surface area contributed by atoms with E-state index in [1.807, 2.05) is 0 Å². The molecule has 1 rings (SSSR count). The van der Waals surface area contributed by atoms with E-state index in [9.17, 15) is 40.5 Å². The summed E-state index contributed by atoms with van der Waals surface area (Å²) in [6, 6.07) is -1.20. The van der Waals surface area contributed by atoms with Gasteiger partial charge >= 0.3 is 0 Å². The predicted molar refractivity (Wildman–Crippen MR) is 256 cm³/mol. The van der Waals surface area contributed by atoms with Crippen LogP contribution in [0.1, 0.15) is 206 Å². The van der Waals surface area contributed by atoms with Crippen molar-refractivity contribution in [1.29, 1.82) is 0 Å².